The van der Waals surface area contributed by atoms with Gasteiger partial charge in [0, 0.05) is 5.41 Å². The third kappa shape index (κ3) is 6.80. The Hall–Kier alpha value is 0.0938. The average molecular weight is 329 g/mol. The number of allylic oxidation sites excluding steroid dienone is 2. The van der Waals surface area contributed by atoms with Crippen LogP contribution in [0.15, 0.2) is 12.2 Å². The zero-order valence-corrected chi connectivity index (χ0v) is 17.5. The molecule has 0 heterocycles. The van der Waals surface area contributed by atoms with E-state index in [9.17, 15) is 0 Å². The fourth-order valence-corrected chi connectivity index (χ4v) is 5.25. The molecule has 1 unspecified atom stereocenters. The molecular weight excluding hydrogens is 292 g/mol. The van der Waals surface area contributed by atoms with Gasteiger partial charge in [-0.05, 0) is 38.0 Å². The lowest BCUT2D eigenvalue weighted by Gasteiger charge is -2.41. The van der Waals surface area contributed by atoms with E-state index >= 15 is 0 Å². The fourth-order valence-electron chi connectivity index (χ4n) is 3.40. The molecule has 21 heavy (non-hydrogen) atoms. The van der Waals surface area contributed by atoms with Crippen molar-refractivity contribution in [2.45, 2.75) is 84.6 Å². The molecule has 0 fully saturated rings. The first-order valence-corrected chi connectivity index (χ1v) is 13.0. The molecule has 0 saturated heterocycles. The summed E-state index contributed by atoms with van der Waals surface area (Å²) in [6.45, 7) is 9.17. The van der Waals surface area contributed by atoms with Crippen LogP contribution in [0.5, 0.6) is 0 Å². The molecule has 1 atom stereocenters. The van der Waals surface area contributed by atoms with Gasteiger partial charge >= 0.3 is 0 Å². The topological polar surface area (TPSA) is 18.5 Å². The summed E-state index contributed by atoms with van der Waals surface area (Å²) >= 11 is 0. The Labute approximate surface area is 137 Å². The Kier molecular flexibility index (Phi) is 9.81. The van der Waals surface area contributed by atoms with Gasteiger partial charge in [0.1, 0.15) is 6.29 Å². The predicted octanol–water partition coefficient (Wildman–Crippen LogP) is 3.94. The fraction of sp³-hybridized carbons (Fsp3) is 0.882. The third-order valence-electron chi connectivity index (χ3n) is 4.82. The Morgan fingerprint density at radius 2 is 1.52 bits per heavy atom. The van der Waals surface area contributed by atoms with Gasteiger partial charge in [0.05, 0.1) is 0 Å². The zero-order valence-electron chi connectivity index (χ0n) is 14.7. The first-order valence-electron chi connectivity index (χ1n) is 9.01. The maximum atomic E-state index is 6.09. The molecule has 124 valence electrons. The molecule has 0 radical (unpaired) electrons. The molecule has 0 aromatic heterocycles. The highest BCUT2D eigenvalue weighted by Gasteiger charge is 2.37. The second-order valence-electron chi connectivity index (χ2n) is 6.80. The van der Waals surface area contributed by atoms with E-state index in [1.54, 1.807) is 0 Å². The Morgan fingerprint density at radius 1 is 0.905 bits per heavy atom. The van der Waals surface area contributed by atoms with E-state index in [-0.39, 0.29) is 11.7 Å². The zero-order chi connectivity index (χ0) is 15.6. The van der Waals surface area contributed by atoms with Gasteiger partial charge in [-0.15, -0.1) is 0 Å². The summed E-state index contributed by atoms with van der Waals surface area (Å²) in [6.07, 6.45) is 15.4. The molecule has 0 amide bonds. The van der Waals surface area contributed by atoms with Crippen LogP contribution in [0.4, 0.5) is 0 Å². The van der Waals surface area contributed by atoms with Crippen molar-refractivity contribution in [3.8, 4) is 0 Å². The minimum absolute atomic E-state index is 0.0462. The molecule has 0 spiro atoms. The van der Waals surface area contributed by atoms with E-state index in [2.05, 4.69) is 39.1 Å². The van der Waals surface area contributed by atoms with Crippen LogP contribution in [0.1, 0.15) is 65.2 Å². The van der Waals surface area contributed by atoms with E-state index in [1.165, 1.54) is 51.4 Å². The maximum Gasteiger partial charge on any atom is 0.161 e. The smallest absolute Gasteiger partial charge is 0.161 e. The van der Waals surface area contributed by atoms with Crippen molar-refractivity contribution in [3.05, 3.63) is 12.2 Å². The maximum absolute atomic E-state index is 6.09. The molecule has 1 rings (SSSR count). The van der Waals surface area contributed by atoms with Crippen molar-refractivity contribution in [3.63, 3.8) is 0 Å². The van der Waals surface area contributed by atoms with Gasteiger partial charge in [0.25, 0.3) is 0 Å². The SMILES string of the molecule is C[SiH2]OC(O[SiH2]C)C(C)(C)C1CCC=CCCCCCC1. The largest absolute Gasteiger partial charge is 0.400 e. The molecule has 0 aromatic rings. The summed E-state index contributed by atoms with van der Waals surface area (Å²) in [5.74, 6) is 0.714. The molecule has 0 bridgehead atoms. The van der Waals surface area contributed by atoms with Gasteiger partial charge in [-0.2, -0.15) is 0 Å². The van der Waals surface area contributed by atoms with E-state index in [0.29, 0.717) is 5.92 Å². The highest BCUT2D eigenvalue weighted by atomic mass is 28.2. The minimum atomic E-state index is -0.419. The molecular formula is C17H36O2Si2. The first-order chi connectivity index (χ1) is 10.1. The van der Waals surface area contributed by atoms with E-state index in [4.69, 9.17) is 8.85 Å². The van der Waals surface area contributed by atoms with Gasteiger partial charge in [-0.1, -0.05) is 58.4 Å². The molecule has 0 N–H and O–H groups in total. The summed E-state index contributed by atoms with van der Waals surface area (Å²) in [6, 6.07) is 0. The van der Waals surface area contributed by atoms with Crippen molar-refractivity contribution in [1.29, 1.82) is 0 Å². The van der Waals surface area contributed by atoms with Crippen LogP contribution in [0.25, 0.3) is 0 Å². The van der Waals surface area contributed by atoms with Crippen LogP contribution in [0.2, 0.25) is 13.1 Å². The highest BCUT2D eigenvalue weighted by Crippen LogP contribution is 2.39. The molecule has 0 saturated carbocycles. The molecule has 2 nitrogen and oxygen atoms in total. The van der Waals surface area contributed by atoms with Gasteiger partial charge < -0.3 is 8.85 Å². The Morgan fingerprint density at radius 3 is 2.19 bits per heavy atom. The second kappa shape index (κ2) is 10.8. The van der Waals surface area contributed by atoms with Crippen molar-refractivity contribution in [2.24, 2.45) is 11.3 Å². The van der Waals surface area contributed by atoms with Gasteiger partial charge in [-0.3, -0.25) is 0 Å². The Bertz CT molecular complexity index is 287. The van der Waals surface area contributed by atoms with Gasteiger partial charge in [-0.25, -0.2) is 0 Å². The third-order valence-corrected chi connectivity index (χ3v) is 6.09. The predicted molar refractivity (Wildman–Crippen MR) is 98.1 cm³/mol. The molecule has 1 aliphatic rings. The van der Waals surface area contributed by atoms with E-state index in [0.717, 1.165) is 0 Å². The summed E-state index contributed by atoms with van der Waals surface area (Å²) < 4.78 is 12.2. The average Bonchev–Trinajstić information content (AvgIpc) is 2.52. The van der Waals surface area contributed by atoms with Crippen LogP contribution in [0.3, 0.4) is 0 Å². The van der Waals surface area contributed by atoms with Crippen LogP contribution in [-0.2, 0) is 8.85 Å². The minimum Gasteiger partial charge on any atom is -0.400 e. The lowest BCUT2D eigenvalue weighted by molar-refractivity contribution is -0.108. The van der Waals surface area contributed by atoms with Crippen molar-refractivity contribution in [1.82, 2.24) is 0 Å². The summed E-state index contributed by atoms with van der Waals surface area (Å²) in [7, 11) is -0.839. The van der Waals surface area contributed by atoms with E-state index < -0.39 is 19.5 Å². The molecule has 1 aliphatic carbocycles. The summed E-state index contributed by atoms with van der Waals surface area (Å²) in [5.41, 5.74) is 0.147. The highest BCUT2D eigenvalue weighted by molar-refractivity contribution is 6.26. The number of hydrogen-bond donors (Lipinski definition) is 0. The standard InChI is InChI=1S/C17H36O2Si2/c1-17(2,16(18-20-3)19-21-4)15-13-11-9-7-5-6-8-10-12-14-15/h7,9,15-16H,5-6,8,10-14,20-21H2,1-4H3. The molecule has 0 aliphatic heterocycles. The van der Waals surface area contributed by atoms with Crippen molar-refractivity contribution >= 4 is 19.5 Å². The number of hydrogen-bond acceptors (Lipinski definition) is 2. The molecule has 0 aromatic carbocycles. The van der Waals surface area contributed by atoms with Crippen LogP contribution < -0.4 is 0 Å². The Balaban J connectivity index is 2.72. The van der Waals surface area contributed by atoms with E-state index in [1.807, 2.05) is 0 Å². The monoisotopic (exact) mass is 328 g/mol. The van der Waals surface area contributed by atoms with Crippen LogP contribution in [-0.4, -0.2) is 25.8 Å². The summed E-state index contributed by atoms with van der Waals surface area (Å²) in [4.78, 5) is 0. The van der Waals surface area contributed by atoms with Gasteiger partial charge in [0.2, 0.25) is 0 Å². The quantitative estimate of drug-likeness (QED) is 0.418. The van der Waals surface area contributed by atoms with Crippen LogP contribution in [0, 0.1) is 11.3 Å². The first kappa shape index (κ1) is 19.1. The van der Waals surface area contributed by atoms with Gasteiger partial charge in [0.15, 0.2) is 19.5 Å². The summed E-state index contributed by atoms with van der Waals surface area (Å²) in [5, 5.41) is 0. The lowest BCUT2D eigenvalue weighted by atomic mass is 9.73. The number of rotatable bonds is 6. The molecule has 4 heteroatoms. The second-order valence-corrected chi connectivity index (χ2v) is 8.62. The van der Waals surface area contributed by atoms with Crippen LogP contribution >= 0.6 is 0 Å². The van der Waals surface area contributed by atoms with Crippen molar-refractivity contribution < 1.29 is 8.85 Å². The lowest BCUT2D eigenvalue weighted by Crippen LogP contribution is -2.41. The van der Waals surface area contributed by atoms with Crippen molar-refractivity contribution in [2.75, 3.05) is 0 Å². The normalized spacial score (nSPS) is 24.7.